The van der Waals surface area contributed by atoms with Crippen molar-refractivity contribution < 1.29 is 24.6 Å². The normalized spacial score (nSPS) is 11.7. The molecule has 0 bridgehead atoms. The van der Waals surface area contributed by atoms with Gasteiger partial charge in [0.2, 0.25) is 0 Å². The fourth-order valence-electron chi connectivity index (χ4n) is 0.532. The summed E-state index contributed by atoms with van der Waals surface area (Å²) in [5.74, 6) is -3.34. The standard InChI is InChI=1S/C5H8N2O5/c6-5(12)7-2(4(10)11)1-3(8)9/h2H,1H2,(H,8,9)(H,10,11)(H3,6,7,12)/p-2/t2-/m0/s1. The minimum atomic E-state index is -1.72. The second kappa shape index (κ2) is 4.16. The molecule has 0 unspecified atom stereocenters. The molecule has 0 saturated carbocycles. The first-order chi connectivity index (χ1) is 5.43. The van der Waals surface area contributed by atoms with E-state index in [0.717, 1.165) is 0 Å². The van der Waals surface area contributed by atoms with E-state index in [1.807, 2.05) is 0 Å². The van der Waals surface area contributed by atoms with Crippen LogP contribution < -0.4 is 21.3 Å². The Morgan fingerprint density at radius 2 is 1.83 bits per heavy atom. The predicted octanol–water partition coefficient (Wildman–Crippen LogP) is -4.09. The van der Waals surface area contributed by atoms with Gasteiger partial charge in [0, 0.05) is 12.4 Å². The minimum Gasteiger partial charge on any atom is -0.550 e. The summed E-state index contributed by atoms with van der Waals surface area (Å²) in [6, 6.07) is -2.78. The number of hydrogen-bond acceptors (Lipinski definition) is 5. The van der Waals surface area contributed by atoms with Crippen molar-refractivity contribution in [3.8, 4) is 0 Å². The van der Waals surface area contributed by atoms with Crippen LogP contribution in [0.15, 0.2) is 0 Å². The van der Waals surface area contributed by atoms with Crippen LogP contribution in [-0.4, -0.2) is 24.0 Å². The van der Waals surface area contributed by atoms with Crippen LogP contribution in [0.25, 0.3) is 0 Å². The highest BCUT2D eigenvalue weighted by Gasteiger charge is 2.10. The smallest absolute Gasteiger partial charge is 0.312 e. The Morgan fingerprint density at radius 1 is 1.33 bits per heavy atom. The molecule has 0 rings (SSSR count). The van der Waals surface area contributed by atoms with Gasteiger partial charge in [0.15, 0.2) is 0 Å². The van der Waals surface area contributed by atoms with Crippen LogP contribution in [0.2, 0.25) is 0 Å². The van der Waals surface area contributed by atoms with Gasteiger partial charge >= 0.3 is 6.03 Å². The van der Waals surface area contributed by atoms with Crippen LogP contribution >= 0.6 is 0 Å². The Morgan fingerprint density at radius 3 is 2.08 bits per heavy atom. The molecule has 0 aliphatic heterocycles. The lowest BCUT2D eigenvalue weighted by Crippen LogP contribution is -2.51. The molecule has 0 aliphatic rings. The third kappa shape index (κ3) is 4.09. The Labute approximate surface area is 67.2 Å². The first-order valence-electron chi connectivity index (χ1n) is 2.90. The Kier molecular flexibility index (Phi) is 3.54. The highest BCUT2D eigenvalue weighted by atomic mass is 16.4. The van der Waals surface area contributed by atoms with Gasteiger partial charge < -0.3 is 30.9 Å². The number of carboxylic acids is 2. The summed E-state index contributed by atoms with van der Waals surface area (Å²) in [6.07, 6.45) is -0.870. The first kappa shape index (κ1) is 10.2. The van der Waals surface area contributed by atoms with E-state index in [-0.39, 0.29) is 0 Å². The number of nitrogens with one attached hydrogen (secondary N) is 1. The monoisotopic (exact) mass is 174 g/mol. The quantitative estimate of drug-likeness (QED) is 0.446. The van der Waals surface area contributed by atoms with Crippen molar-refractivity contribution in [3.63, 3.8) is 0 Å². The van der Waals surface area contributed by atoms with Crippen LogP contribution in [-0.2, 0) is 9.59 Å². The summed E-state index contributed by atoms with van der Waals surface area (Å²) in [5.41, 5.74) is 4.55. The second-order valence-electron chi connectivity index (χ2n) is 1.96. The van der Waals surface area contributed by atoms with Crippen molar-refractivity contribution in [2.45, 2.75) is 12.5 Å². The van der Waals surface area contributed by atoms with Crippen LogP contribution in [0.5, 0.6) is 0 Å². The highest BCUT2D eigenvalue weighted by molar-refractivity contribution is 5.84. The van der Waals surface area contributed by atoms with Gasteiger partial charge in [-0.25, -0.2) is 4.79 Å². The van der Waals surface area contributed by atoms with Gasteiger partial charge in [-0.1, -0.05) is 0 Å². The van der Waals surface area contributed by atoms with Crippen molar-refractivity contribution in [1.29, 1.82) is 0 Å². The third-order valence-corrected chi connectivity index (χ3v) is 0.972. The zero-order valence-corrected chi connectivity index (χ0v) is 5.90. The van der Waals surface area contributed by atoms with E-state index in [1.165, 1.54) is 0 Å². The summed E-state index contributed by atoms with van der Waals surface area (Å²) < 4.78 is 0. The molecule has 0 aliphatic carbocycles. The predicted molar refractivity (Wildman–Crippen MR) is 31.1 cm³/mol. The minimum absolute atomic E-state index is 0.870. The number of amides is 2. The molecule has 0 saturated heterocycles. The number of carbonyl (C=O) groups is 3. The van der Waals surface area contributed by atoms with E-state index in [0.29, 0.717) is 0 Å². The van der Waals surface area contributed by atoms with Gasteiger partial charge in [-0.2, -0.15) is 0 Å². The summed E-state index contributed by atoms with van der Waals surface area (Å²) in [6.45, 7) is 0. The van der Waals surface area contributed by atoms with Crippen LogP contribution in [0.4, 0.5) is 4.79 Å². The summed E-state index contributed by atoms with van der Waals surface area (Å²) in [7, 11) is 0. The molecule has 12 heavy (non-hydrogen) atoms. The molecule has 7 nitrogen and oxygen atoms in total. The molecule has 7 heteroatoms. The van der Waals surface area contributed by atoms with Crippen LogP contribution in [0.3, 0.4) is 0 Å². The average molecular weight is 174 g/mol. The van der Waals surface area contributed by atoms with Gasteiger partial charge in [0.1, 0.15) is 0 Å². The summed E-state index contributed by atoms with van der Waals surface area (Å²) >= 11 is 0. The Bertz CT molecular complexity index is 198. The van der Waals surface area contributed by atoms with E-state index in [2.05, 4.69) is 5.73 Å². The summed E-state index contributed by atoms with van der Waals surface area (Å²) in [5, 5.41) is 21.7. The van der Waals surface area contributed by atoms with Crippen molar-refractivity contribution in [2.24, 2.45) is 5.73 Å². The second-order valence-corrected chi connectivity index (χ2v) is 1.96. The molecular formula is C5H6N2O5-2. The zero-order chi connectivity index (χ0) is 9.72. The number of primary amides is 1. The van der Waals surface area contributed by atoms with Gasteiger partial charge in [0.25, 0.3) is 0 Å². The van der Waals surface area contributed by atoms with Gasteiger partial charge in [-0.3, -0.25) is 0 Å². The Balaban J connectivity index is 4.14. The zero-order valence-electron chi connectivity index (χ0n) is 5.90. The van der Waals surface area contributed by atoms with Gasteiger partial charge in [0.05, 0.1) is 12.0 Å². The van der Waals surface area contributed by atoms with E-state index in [1.54, 1.807) is 5.32 Å². The molecular weight excluding hydrogens is 168 g/mol. The molecule has 0 heterocycles. The summed E-state index contributed by atoms with van der Waals surface area (Å²) in [4.78, 5) is 30.1. The van der Waals surface area contributed by atoms with Gasteiger partial charge in [-0.05, 0) is 0 Å². The molecule has 2 amide bonds. The third-order valence-electron chi connectivity index (χ3n) is 0.972. The SMILES string of the molecule is NC(=O)N[C@@H](CC(=O)[O-])C(=O)[O-]. The van der Waals surface area contributed by atoms with E-state index < -0.39 is 30.4 Å². The molecule has 0 fully saturated rings. The lowest BCUT2D eigenvalue weighted by atomic mass is 10.2. The number of nitrogens with two attached hydrogens (primary N) is 1. The fourth-order valence-corrected chi connectivity index (χ4v) is 0.532. The molecule has 0 spiro atoms. The fraction of sp³-hybridized carbons (Fsp3) is 0.400. The van der Waals surface area contributed by atoms with Crippen molar-refractivity contribution in [1.82, 2.24) is 5.32 Å². The van der Waals surface area contributed by atoms with E-state index in [9.17, 15) is 24.6 Å². The maximum absolute atomic E-state index is 10.1. The Hall–Kier alpha value is -1.79. The molecule has 0 aromatic heterocycles. The molecule has 1 atom stereocenters. The van der Waals surface area contributed by atoms with Crippen molar-refractivity contribution in [3.05, 3.63) is 0 Å². The molecule has 68 valence electrons. The maximum Gasteiger partial charge on any atom is 0.312 e. The lowest BCUT2D eigenvalue weighted by molar-refractivity contribution is -0.317. The topological polar surface area (TPSA) is 135 Å². The molecule has 0 aromatic carbocycles. The van der Waals surface area contributed by atoms with Crippen LogP contribution in [0.1, 0.15) is 6.42 Å². The molecule has 0 radical (unpaired) electrons. The number of hydrogen-bond donors (Lipinski definition) is 2. The van der Waals surface area contributed by atoms with Crippen molar-refractivity contribution >= 4 is 18.0 Å². The highest BCUT2D eigenvalue weighted by Crippen LogP contribution is 1.87. The maximum atomic E-state index is 10.1. The lowest BCUT2D eigenvalue weighted by Gasteiger charge is -2.18. The first-order valence-corrected chi connectivity index (χ1v) is 2.90. The largest absolute Gasteiger partial charge is 0.550 e. The number of carbonyl (C=O) groups excluding carboxylic acids is 3. The number of aliphatic carboxylic acids is 2. The van der Waals surface area contributed by atoms with E-state index >= 15 is 0 Å². The molecule has 0 aromatic rings. The van der Waals surface area contributed by atoms with Crippen molar-refractivity contribution in [2.75, 3.05) is 0 Å². The number of urea groups is 1. The number of rotatable bonds is 4. The average Bonchev–Trinajstić information content (AvgIpc) is 1.83. The number of carboxylic acid groups (broad SMARTS) is 2. The molecule has 3 N–H and O–H groups in total. The van der Waals surface area contributed by atoms with Gasteiger partial charge in [-0.15, -0.1) is 0 Å². The van der Waals surface area contributed by atoms with E-state index in [4.69, 9.17) is 0 Å². The van der Waals surface area contributed by atoms with Crippen LogP contribution in [0, 0.1) is 0 Å².